The molecule has 10 aliphatic heterocycles. The lowest BCUT2D eigenvalue weighted by Gasteiger charge is -2.46. The van der Waals surface area contributed by atoms with Crippen molar-refractivity contribution in [2.75, 3.05) is 79.2 Å². The van der Waals surface area contributed by atoms with Crippen LogP contribution in [0.2, 0.25) is 0 Å². The molecule has 14 unspecified atom stereocenters. The van der Waals surface area contributed by atoms with E-state index in [1.807, 2.05) is 38.9 Å². The highest BCUT2D eigenvalue weighted by Crippen LogP contribution is 2.42. The van der Waals surface area contributed by atoms with E-state index in [9.17, 15) is 8.78 Å². The molecule has 112 heavy (non-hydrogen) atoms. The Bertz CT molecular complexity index is 4990. The summed E-state index contributed by atoms with van der Waals surface area (Å²) in [6.45, 7) is 27.5. The number of fused-ring (bicyclic) bond motifs is 15. The van der Waals surface area contributed by atoms with Gasteiger partial charge in [0.05, 0.1) is 37.9 Å². The van der Waals surface area contributed by atoms with E-state index < -0.39 is 0 Å². The molecular formula is C99H121F2N5O6. The van der Waals surface area contributed by atoms with Crippen LogP contribution in [0.4, 0.5) is 8.78 Å². The standard InChI is InChI=1S/C22H29NO.C20H24FNO.C20H25NO2.C19H22FNO.C18H21NO/c1-3-4-5-18-13-17-7-8-21(18)23(14-17)11-10-19-15-24-22-9-6-16(2)12-20(19)22;1-3-15-9-14-4-5-19(15)22(11-14)7-6-16-12-23-20-10-18(21)13(2)8-17(16)20;1-14-3-6-20-18(9-14)16(13-23-20)7-8-21-11-15-4-5-19(21)17(10-15)12-22-2;1-2-14-9-13-3-5-18(14)21(11-13)8-7-15-12-22-19-6-4-16(20)10-17(15)19;1-13-2-7-18-17(10-13)15(12-20-18)8-9-19-11-14-3-5-16(19)6-4-14/h6-9,12,15,17-18,21H,3-5,10-11,13-14H2,1-2H3;4-5,8,10,12,14-15,19H,3,6-7,9,11H2,1-2H3;3-6,9,13,15,17,19H,7-8,10-12H2,1-2H3;3-6,10,12-14,18H,2,7-9,11H2,1H3;2-3,5,7,10,12,14,16H,4,6,8-9,11H2,1H3. The SMILES string of the molecule is CCC1CC2C=CC1N(CCc1coc3cc(F)c(C)cc13)C2.CCC1CC2C=CC1N(CCc1coc3ccc(F)cc13)C2.CCCCC1CC2C=CC1N(CCc1coc3ccc(C)cc13)C2.COCC1CC2C=CC1N(CCc1coc3ccc(C)cc13)C2.Cc1ccc2occ(CCN3CC4C=CC3CC4)c2c1. The molecule has 14 atom stereocenters. The van der Waals surface area contributed by atoms with Gasteiger partial charge in [0.25, 0.3) is 0 Å². The van der Waals surface area contributed by atoms with Gasteiger partial charge in [-0.05, 0) is 246 Å². The number of ether oxygens (including phenoxy) is 1. The summed E-state index contributed by atoms with van der Waals surface area (Å²) in [5.74, 6) is 6.44. The third kappa shape index (κ3) is 17.7. The predicted molar refractivity (Wildman–Crippen MR) is 452 cm³/mol. The van der Waals surface area contributed by atoms with Gasteiger partial charge in [0.15, 0.2) is 0 Å². The summed E-state index contributed by atoms with van der Waals surface area (Å²) < 4.78 is 60.8. The number of hydrogen-bond acceptors (Lipinski definition) is 11. The number of piperidine rings is 5. The first-order valence-electron chi connectivity index (χ1n) is 43.0. The van der Waals surface area contributed by atoms with Crippen molar-refractivity contribution in [2.24, 2.45) is 53.3 Å². The summed E-state index contributed by atoms with van der Waals surface area (Å²) in [5, 5.41) is 5.85. The maximum absolute atomic E-state index is 13.6. The Labute approximate surface area is 663 Å². The smallest absolute Gasteiger partial charge is 0.137 e. The van der Waals surface area contributed by atoms with E-state index in [2.05, 4.69) is 181 Å². The first kappa shape index (κ1) is 78.0. The van der Waals surface area contributed by atoms with E-state index in [0.717, 1.165) is 146 Å². The van der Waals surface area contributed by atoms with Crippen LogP contribution in [0.15, 0.2) is 199 Å². The van der Waals surface area contributed by atoms with Gasteiger partial charge in [-0.3, -0.25) is 24.5 Å². The van der Waals surface area contributed by atoms with E-state index in [0.29, 0.717) is 59.1 Å². The van der Waals surface area contributed by atoms with Gasteiger partial charge in [0.1, 0.15) is 39.5 Å². The Kier molecular flexibility index (Phi) is 24.7. The zero-order chi connectivity index (χ0) is 76.9. The van der Waals surface area contributed by atoms with Gasteiger partial charge in [0.2, 0.25) is 0 Å². The summed E-state index contributed by atoms with van der Waals surface area (Å²) >= 11 is 0. The molecule has 0 amide bonds. The minimum Gasteiger partial charge on any atom is -0.464 e. The van der Waals surface area contributed by atoms with Crippen molar-refractivity contribution in [3.63, 3.8) is 0 Å². The average Bonchev–Trinajstić information content (AvgIpc) is 0.999. The monoisotopic (exact) mass is 1510 g/mol. The summed E-state index contributed by atoms with van der Waals surface area (Å²) in [6.07, 6.45) is 53.5. The molecular weight excluding hydrogens is 1390 g/mol. The Morgan fingerprint density at radius 1 is 0.375 bits per heavy atom. The van der Waals surface area contributed by atoms with Crippen LogP contribution < -0.4 is 0 Å². The largest absolute Gasteiger partial charge is 0.464 e. The Morgan fingerprint density at radius 3 is 1.13 bits per heavy atom. The Morgan fingerprint density at radius 2 is 0.741 bits per heavy atom. The summed E-state index contributed by atoms with van der Waals surface area (Å²) in [5.41, 5.74) is 15.4. The number of furan rings is 5. The maximum Gasteiger partial charge on any atom is 0.137 e. The van der Waals surface area contributed by atoms with Crippen molar-refractivity contribution >= 4 is 54.8 Å². The first-order chi connectivity index (χ1) is 54.7. The van der Waals surface area contributed by atoms with Crippen molar-refractivity contribution in [2.45, 2.75) is 181 Å². The lowest BCUT2D eigenvalue weighted by molar-refractivity contribution is 0.0342. The molecule has 5 aromatic carbocycles. The van der Waals surface area contributed by atoms with Crippen LogP contribution in [0.1, 0.15) is 141 Å². The second-order valence-electron chi connectivity index (χ2n) is 35.0. The molecule has 5 aromatic heterocycles. The average molecular weight is 1520 g/mol. The van der Waals surface area contributed by atoms with Gasteiger partial charge in [-0.2, -0.15) is 0 Å². The predicted octanol–water partition coefficient (Wildman–Crippen LogP) is 22.2. The number of aryl methyl sites for hydroxylation is 4. The highest BCUT2D eigenvalue weighted by atomic mass is 19.1. The van der Waals surface area contributed by atoms with Gasteiger partial charge >= 0.3 is 0 Å². The van der Waals surface area contributed by atoms with Crippen molar-refractivity contribution < 1.29 is 35.6 Å². The molecule has 592 valence electrons. The molecule has 25 rings (SSSR count). The minimum atomic E-state index is -0.193. The number of benzene rings is 5. The Balaban J connectivity index is 0.000000106. The summed E-state index contributed by atoms with van der Waals surface area (Å²) in [4.78, 5) is 13.2. The normalized spacial score (nSPS) is 26.9. The van der Waals surface area contributed by atoms with Crippen LogP contribution in [0.3, 0.4) is 0 Å². The molecule has 11 nitrogen and oxygen atoms in total. The van der Waals surface area contributed by atoms with Crippen LogP contribution >= 0.6 is 0 Å². The van der Waals surface area contributed by atoms with Gasteiger partial charge in [0, 0.05) is 142 Å². The van der Waals surface area contributed by atoms with E-state index in [4.69, 9.17) is 26.8 Å². The number of unbranched alkanes of at least 4 members (excludes halogenated alkanes) is 1. The molecule has 0 radical (unpaired) electrons. The number of hydrogen-bond donors (Lipinski definition) is 0. The molecule has 10 bridgehead atoms. The second-order valence-corrected chi connectivity index (χ2v) is 35.0. The van der Waals surface area contributed by atoms with Crippen LogP contribution in [-0.2, 0) is 36.8 Å². The lowest BCUT2D eigenvalue weighted by Crippen LogP contribution is -2.52. The highest BCUT2D eigenvalue weighted by Gasteiger charge is 2.41. The first-order valence-corrected chi connectivity index (χ1v) is 43.0. The molecule has 0 saturated carbocycles. The van der Waals surface area contributed by atoms with Gasteiger partial charge < -0.3 is 26.8 Å². The van der Waals surface area contributed by atoms with Crippen molar-refractivity contribution in [3.05, 3.63) is 239 Å². The van der Waals surface area contributed by atoms with Gasteiger partial charge in [-0.1, -0.05) is 142 Å². The lowest BCUT2D eigenvalue weighted by atomic mass is 9.75. The number of halogens is 2. The van der Waals surface area contributed by atoms with E-state index in [1.165, 1.54) is 171 Å². The highest BCUT2D eigenvalue weighted by molar-refractivity contribution is 5.85. The van der Waals surface area contributed by atoms with Crippen LogP contribution in [0.5, 0.6) is 0 Å². The molecule has 0 spiro atoms. The van der Waals surface area contributed by atoms with E-state index >= 15 is 0 Å². The number of nitrogens with zero attached hydrogens (tertiary/aromatic N) is 5. The zero-order valence-corrected chi connectivity index (χ0v) is 67.9. The van der Waals surface area contributed by atoms with Crippen molar-refractivity contribution in [1.29, 1.82) is 0 Å². The van der Waals surface area contributed by atoms with Crippen LogP contribution in [-0.4, -0.2) is 134 Å². The maximum atomic E-state index is 13.6. The second kappa shape index (κ2) is 35.5. The van der Waals surface area contributed by atoms with Gasteiger partial charge in [-0.15, -0.1) is 0 Å². The van der Waals surface area contributed by atoms with Crippen molar-refractivity contribution in [1.82, 2.24) is 24.5 Å². The third-order valence-electron chi connectivity index (χ3n) is 27.3. The molecule has 0 N–H and O–H groups in total. The molecule has 15 aliphatic rings. The topological polar surface area (TPSA) is 91.1 Å². The summed E-state index contributed by atoms with van der Waals surface area (Å²) in [7, 11) is 1.82. The van der Waals surface area contributed by atoms with Crippen molar-refractivity contribution in [3.8, 4) is 0 Å². The van der Waals surface area contributed by atoms with Crippen LogP contribution in [0, 0.1) is 92.6 Å². The van der Waals surface area contributed by atoms with E-state index in [-0.39, 0.29) is 11.6 Å². The fraction of sp³-hybridized carbons (Fsp3) is 0.495. The van der Waals surface area contributed by atoms with E-state index in [1.54, 1.807) is 24.7 Å². The fourth-order valence-corrected chi connectivity index (χ4v) is 21.1. The zero-order valence-electron chi connectivity index (χ0n) is 67.9. The summed E-state index contributed by atoms with van der Waals surface area (Å²) in [6, 6.07) is 30.6. The molecule has 5 fully saturated rings. The molecule has 13 heteroatoms. The minimum absolute atomic E-state index is 0.192. The third-order valence-corrected chi connectivity index (χ3v) is 27.3. The fourth-order valence-electron chi connectivity index (χ4n) is 21.1. The molecule has 15 heterocycles. The molecule has 5 aliphatic carbocycles. The van der Waals surface area contributed by atoms with Crippen LogP contribution in [0.25, 0.3) is 54.8 Å². The number of rotatable bonds is 22. The Hall–Kier alpha value is -7.88. The number of methoxy groups -OCH3 is 1. The van der Waals surface area contributed by atoms with Gasteiger partial charge in [-0.25, -0.2) is 8.78 Å². The molecule has 5 saturated heterocycles. The molecule has 10 aromatic rings. The quantitative estimate of drug-likeness (QED) is 0.0608.